The first-order valence-electron chi connectivity index (χ1n) is 9.91. The van der Waals surface area contributed by atoms with Gasteiger partial charge in [-0.3, -0.25) is 9.78 Å². The van der Waals surface area contributed by atoms with Gasteiger partial charge in [-0.2, -0.15) is 0 Å². The third-order valence-electron chi connectivity index (χ3n) is 5.08. The standard InChI is InChI=1S/C24H25N3O2/c1-17-20-15-22(29-23(20)19-11-6-7-12-21(19)26-17)24(28)25-13-8-14-27(2)16-18-9-4-3-5-10-18/h3-7,9-12,15H,8,13-14,16H2,1-2H3,(H,25,28). The molecule has 29 heavy (non-hydrogen) atoms. The second kappa shape index (κ2) is 8.45. The lowest BCUT2D eigenvalue weighted by Gasteiger charge is -2.16. The lowest BCUT2D eigenvalue weighted by molar-refractivity contribution is 0.0926. The van der Waals surface area contributed by atoms with Crippen molar-refractivity contribution in [3.05, 3.63) is 77.7 Å². The van der Waals surface area contributed by atoms with E-state index in [4.69, 9.17) is 4.42 Å². The van der Waals surface area contributed by atoms with Crippen LogP contribution in [-0.2, 0) is 6.54 Å². The molecule has 0 aliphatic carbocycles. The number of hydrogen-bond donors (Lipinski definition) is 1. The molecule has 0 fully saturated rings. The van der Waals surface area contributed by atoms with Gasteiger partial charge in [0.1, 0.15) is 5.58 Å². The Bertz CT molecular complexity index is 1140. The number of pyridine rings is 1. The van der Waals surface area contributed by atoms with Gasteiger partial charge < -0.3 is 14.6 Å². The summed E-state index contributed by atoms with van der Waals surface area (Å²) in [6.07, 6.45) is 0.874. The Labute approximate surface area is 170 Å². The van der Waals surface area contributed by atoms with Crippen molar-refractivity contribution in [1.82, 2.24) is 15.2 Å². The maximum Gasteiger partial charge on any atom is 0.287 e. The van der Waals surface area contributed by atoms with E-state index >= 15 is 0 Å². The van der Waals surface area contributed by atoms with E-state index in [9.17, 15) is 4.79 Å². The molecule has 5 heteroatoms. The minimum absolute atomic E-state index is 0.185. The molecule has 1 N–H and O–H groups in total. The predicted octanol–water partition coefficient (Wildman–Crippen LogP) is 4.54. The van der Waals surface area contributed by atoms with Gasteiger partial charge in [0.2, 0.25) is 0 Å². The molecule has 2 aromatic heterocycles. The molecule has 0 atom stereocenters. The molecule has 0 spiro atoms. The van der Waals surface area contributed by atoms with Crippen LogP contribution < -0.4 is 5.32 Å². The molecular weight excluding hydrogens is 362 g/mol. The highest BCUT2D eigenvalue weighted by Gasteiger charge is 2.16. The minimum Gasteiger partial charge on any atom is -0.450 e. The highest BCUT2D eigenvalue weighted by Crippen LogP contribution is 2.29. The van der Waals surface area contributed by atoms with Crippen molar-refractivity contribution in [2.45, 2.75) is 19.9 Å². The summed E-state index contributed by atoms with van der Waals surface area (Å²) < 4.78 is 5.92. The molecule has 4 rings (SSSR count). The Kier molecular flexibility index (Phi) is 5.58. The van der Waals surface area contributed by atoms with Gasteiger partial charge in [-0.05, 0) is 50.7 Å². The summed E-state index contributed by atoms with van der Waals surface area (Å²) in [5.41, 5.74) is 3.75. The highest BCUT2D eigenvalue weighted by atomic mass is 16.3. The summed E-state index contributed by atoms with van der Waals surface area (Å²) in [4.78, 5) is 19.4. The van der Waals surface area contributed by atoms with Gasteiger partial charge in [0.15, 0.2) is 5.76 Å². The fourth-order valence-electron chi connectivity index (χ4n) is 3.59. The van der Waals surface area contributed by atoms with Gasteiger partial charge in [0.25, 0.3) is 5.91 Å². The third-order valence-corrected chi connectivity index (χ3v) is 5.08. The van der Waals surface area contributed by atoms with E-state index in [2.05, 4.69) is 46.5 Å². The summed E-state index contributed by atoms with van der Waals surface area (Å²) in [6, 6.07) is 20.0. The Morgan fingerprint density at radius 2 is 1.83 bits per heavy atom. The average Bonchev–Trinajstić information content (AvgIpc) is 3.18. The van der Waals surface area contributed by atoms with Gasteiger partial charge in [-0.15, -0.1) is 0 Å². The smallest absolute Gasteiger partial charge is 0.287 e. The van der Waals surface area contributed by atoms with E-state index in [1.807, 2.05) is 37.3 Å². The maximum atomic E-state index is 12.6. The fourth-order valence-corrected chi connectivity index (χ4v) is 3.59. The van der Waals surface area contributed by atoms with E-state index in [0.29, 0.717) is 12.3 Å². The highest BCUT2D eigenvalue weighted by molar-refractivity contribution is 6.06. The number of amides is 1. The van der Waals surface area contributed by atoms with Gasteiger partial charge in [-0.25, -0.2) is 0 Å². The summed E-state index contributed by atoms with van der Waals surface area (Å²) in [5, 5.41) is 4.78. The molecule has 0 radical (unpaired) electrons. The molecule has 2 aromatic carbocycles. The summed E-state index contributed by atoms with van der Waals surface area (Å²) in [5.74, 6) is 0.147. The van der Waals surface area contributed by atoms with E-state index in [1.165, 1.54) is 5.56 Å². The van der Waals surface area contributed by atoms with Crippen molar-refractivity contribution in [3.8, 4) is 0 Å². The monoisotopic (exact) mass is 387 g/mol. The predicted molar refractivity (Wildman–Crippen MR) is 116 cm³/mol. The van der Waals surface area contributed by atoms with Gasteiger partial charge in [0, 0.05) is 29.6 Å². The van der Waals surface area contributed by atoms with E-state index in [0.717, 1.165) is 47.1 Å². The van der Waals surface area contributed by atoms with Crippen LogP contribution in [-0.4, -0.2) is 35.9 Å². The summed E-state index contributed by atoms with van der Waals surface area (Å²) >= 11 is 0. The van der Waals surface area contributed by atoms with Crippen LogP contribution in [0.5, 0.6) is 0 Å². The number of furan rings is 1. The molecule has 2 heterocycles. The van der Waals surface area contributed by atoms with Crippen molar-refractivity contribution in [3.63, 3.8) is 0 Å². The maximum absolute atomic E-state index is 12.6. The number of carbonyl (C=O) groups excluding carboxylic acids is 1. The number of hydrogen-bond acceptors (Lipinski definition) is 4. The molecule has 4 aromatic rings. The lowest BCUT2D eigenvalue weighted by atomic mass is 10.1. The van der Waals surface area contributed by atoms with E-state index in [-0.39, 0.29) is 5.91 Å². The SMILES string of the molecule is Cc1nc2ccccc2c2oc(C(=O)NCCCN(C)Cc3ccccc3)cc12. The quantitative estimate of drug-likeness (QED) is 0.473. The number of para-hydroxylation sites is 1. The molecule has 0 saturated heterocycles. The Morgan fingerprint density at radius 3 is 2.66 bits per heavy atom. The zero-order valence-electron chi connectivity index (χ0n) is 16.8. The third kappa shape index (κ3) is 4.30. The summed E-state index contributed by atoms with van der Waals surface area (Å²) in [6.45, 7) is 4.35. The molecule has 5 nitrogen and oxygen atoms in total. The number of nitrogens with one attached hydrogen (secondary N) is 1. The molecule has 0 bridgehead atoms. The Morgan fingerprint density at radius 1 is 1.07 bits per heavy atom. The van der Waals surface area contributed by atoms with Crippen molar-refractivity contribution < 1.29 is 9.21 Å². The second-order valence-corrected chi connectivity index (χ2v) is 7.40. The van der Waals surface area contributed by atoms with Gasteiger partial charge >= 0.3 is 0 Å². The van der Waals surface area contributed by atoms with Crippen LogP contribution in [0.1, 0.15) is 28.2 Å². The molecule has 0 unspecified atom stereocenters. The van der Waals surface area contributed by atoms with Crippen molar-refractivity contribution in [2.75, 3.05) is 20.1 Å². The first kappa shape index (κ1) is 19.2. The zero-order valence-corrected chi connectivity index (χ0v) is 16.8. The largest absolute Gasteiger partial charge is 0.450 e. The molecular formula is C24H25N3O2. The van der Waals surface area contributed by atoms with Crippen LogP contribution in [0.25, 0.3) is 21.9 Å². The van der Waals surface area contributed by atoms with Crippen molar-refractivity contribution >= 4 is 27.8 Å². The van der Waals surface area contributed by atoms with Crippen LogP contribution in [0.3, 0.4) is 0 Å². The zero-order chi connectivity index (χ0) is 20.2. The average molecular weight is 387 g/mol. The van der Waals surface area contributed by atoms with Crippen LogP contribution in [0, 0.1) is 6.92 Å². The number of benzene rings is 2. The number of aromatic nitrogens is 1. The van der Waals surface area contributed by atoms with E-state index < -0.39 is 0 Å². The molecule has 0 aliphatic rings. The second-order valence-electron chi connectivity index (χ2n) is 7.40. The Hall–Kier alpha value is -3.18. The minimum atomic E-state index is -0.185. The first-order valence-corrected chi connectivity index (χ1v) is 9.91. The van der Waals surface area contributed by atoms with Gasteiger partial charge in [-0.1, -0.05) is 42.5 Å². The molecule has 1 amide bonds. The number of carbonyl (C=O) groups is 1. The van der Waals surface area contributed by atoms with Crippen LogP contribution >= 0.6 is 0 Å². The molecule has 0 saturated carbocycles. The Balaban J connectivity index is 1.36. The normalized spacial score (nSPS) is 11.4. The fraction of sp³-hybridized carbons (Fsp3) is 0.250. The van der Waals surface area contributed by atoms with Crippen LogP contribution in [0.2, 0.25) is 0 Å². The van der Waals surface area contributed by atoms with Gasteiger partial charge in [0.05, 0.1) is 5.52 Å². The lowest BCUT2D eigenvalue weighted by Crippen LogP contribution is -2.27. The first-order chi connectivity index (χ1) is 14.1. The van der Waals surface area contributed by atoms with Crippen molar-refractivity contribution in [2.24, 2.45) is 0 Å². The topological polar surface area (TPSA) is 58.4 Å². The number of rotatable bonds is 7. The molecule has 0 aliphatic heterocycles. The number of aryl methyl sites for hydroxylation is 1. The van der Waals surface area contributed by atoms with Crippen LogP contribution in [0.15, 0.2) is 65.1 Å². The molecule has 148 valence electrons. The van der Waals surface area contributed by atoms with Crippen molar-refractivity contribution in [1.29, 1.82) is 0 Å². The van der Waals surface area contributed by atoms with Crippen LogP contribution in [0.4, 0.5) is 0 Å². The summed E-state index contributed by atoms with van der Waals surface area (Å²) in [7, 11) is 2.09. The van der Waals surface area contributed by atoms with E-state index in [1.54, 1.807) is 6.07 Å². The number of nitrogens with zero attached hydrogens (tertiary/aromatic N) is 2. The number of fused-ring (bicyclic) bond motifs is 3.